The molecule has 2 aromatic carbocycles. The van der Waals surface area contributed by atoms with E-state index in [1.54, 1.807) is 24.3 Å². The number of carbonyl (C=O) groups is 2. The molecule has 0 aliphatic carbocycles. The molecule has 1 aliphatic heterocycles. The van der Waals surface area contributed by atoms with Crippen LogP contribution < -0.4 is 19.5 Å². The van der Waals surface area contributed by atoms with Crippen LogP contribution in [-0.2, 0) is 16.0 Å². The SMILES string of the molecule is COc1ccccc1CC(CNC(=O)C1COc2ccccc2O1)C(=O)O. The van der Waals surface area contributed by atoms with Crippen LogP contribution in [0.1, 0.15) is 5.56 Å². The van der Waals surface area contributed by atoms with Gasteiger partial charge < -0.3 is 24.6 Å². The van der Waals surface area contributed by atoms with Gasteiger partial charge in [-0.3, -0.25) is 9.59 Å². The molecule has 27 heavy (non-hydrogen) atoms. The summed E-state index contributed by atoms with van der Waals surface area (Å²) >= 11 is 0. The number of fused-ring (bicyclic) bond motifs is 1. The number of rotatable bonds is 7. The van der Waals surface area contributed by atoms with Gasteiger partial charge in [0.1, 0.15) is 12.4 Å². The Morgan fingerprint density at radius 3 is 2.63 bits per heavy atom. The molecule has 0 spiro atoms. The lowest BCUT2D eigenvalue weighted by Gasteiger charge is -2.26. The van der Waals surface area contributed by atoms with Crippen molar-refractivity contribution in [3.05, 3.63) is 54.1 Å². The van der Waals surface area contributed by atoms with Gasteiger partial charge in [-0.25, -0.2) is 0 Å². The molecule has 1 heterocycles. The summed E-state index contributed by atoms with van der Waals surface area (Å²) in [5, 5.41) is 12.2. The van der Waals surface area contributed by atoms with Gasteiger partial charge in [-0.2, -0.15) is 0 Å². The third kappa shape index (κ3) is 4.49. The first-order valence-electron chi connectivity index (χ1n) is 8.59. The minimum atomic E-state index is -0.993. The first-order chi connectivity index (χ1) is 13.1. The van der Waals surface area contributed by atoms with Crippen molar-refractivity contribution in [2.24, 2.45) is 5.92 Å². The van der Waals surface area contributed by atoms with E-state index in [-0.39, 0.29) is 19.6 Å². The predicted octanol–water partition coefficient (Wildman–Crippen LogP) is 1.89. The zero-order valence-corrected chi connectivity index (χ0v) is 14.9. The van der Waals surface area contributed by atoms with Crippen molar-refractivity contribution in [2.45, 2.75) is 12.5 Å². The Kier molecular flexibility index (Phi) is 5.80. The molecule has 7 heteroatoms. The standard InChI is InChI=1S/C20H21NO6/c1-25-15-7-3-2-6-13(15)10-14(20(23)24)11-21-19(22)18-12-26-16-8-4-5-9-17(16)27-18/h2-9,14,18H,10-12H2,1H3,(H,21,22)(H,23,24). The molecule has 2 aromatic rings. The number of hydrogen-bond donors (Lipinski definition) is 2. The number of aliphatic carboxylic acids is 1. The van der Waals surface area contributed by atoms with Crippen molar-refractivity contribution >= 4 is 11.9 Å². The summed E-state index contributed by atoms with van der Waals surface area (Å²) in [5.41, 5.74) is 0.771. The maximum atomic E-state index is 12.4. The van der Waals surface area contributed by atoms with Crippen LogP contribution in [0.5, 0.6) is 17.2 Å². The maximum Gasteiger partial charge on any atom is 0.308 e. The number of carbonyl (C=O) groups excluding carboxylic acids is 1. The highest BCUT2D eigenvalue weighted by Gasteiger charge is 2.28. The van der Waals surface area contributed by atoms with Gasteiger partial charge in [-0.1, -0.05) is 30.3 Å². The van der Waals surface area contributed by atoms with Gasteiger partial charge in [0.05, 0.1) is 13.0 Å². The van der Waals surface area contributed by atoms with E-state index in [2.05, 4.69) is 5.32 Å². The van der Waals surface area contributed by atoms with Gasteiger partial charge >= 0.3 is 5.97 Å². The van der Waals surface area contributed by atoms with Crippen molar-refractivity contribution in [3.63, 3.8) is 0 Å². The molecule has 0 saturated heterocycles. The lowest BCUT2D eigenvalue weighted by atomic mass is 9.98. The number of benzene rings is 2. The summed E-state index contributed by atoms with van der Waals surface area (Å²) in [4.78, 5) is 24.0. The van der Waals surface area contributed by atoms with Crippen molar-refractivity contribution in [2.75, 3.05) is 20.3 Å². The topological polar surface area (TPSA) is 94.1 Å². The minimum Gasteiger partial charge on any atom is -0.496 e. The summed E-state index contributed by atoms with van der Waals surface area (Å²) in [6.07, 6.45) is -0.578. The zero-order valence-electron chi connectivity index (χ0n) is 14.9. The van der Waals surface area contributed by atoms with Gasteiger partial charge in [-0.15, -0.1) is 0 Å². The Labute approximate surface area is 156 Å². The Morgan fingerprint density at radius 1 is 1.19 bits per heavy atom. The third-order valence-electron chi connectivity index (χ3n) is 4.33. The van der Waals surface area contributed by atoms with E-state index in [4.69, 9.17) is 14.2 Å². The number of ether oxygens (including phenoxy) is 3. The summed E-state index contributed by atoms with van der Waals surface area (Å²) in [6.45, 7) is 0.0564. The Morgan fingerprint density at radius 2 is 1.89 bits per heavy atom. The predicted molar refractivity (Wildman–Crippen MR) is 97.2 cm³/mol. The Bertz CT molecular complexity index is 822. The first-order valence-corrected chi connectivity index (χ1v) is 8.59. The molecule has 2 atom stereocenters. The van der Waals surface area contributed by atoms with E-state index < -0.39 is 23.9 Å². The highest BCUT2D eigenvalue weighted by molar-refractivity contribution is 5.82. The number of nitrogens with one attached hydrogen (secondary N) is 1. The average molecular weight is 371 g/mol. The average Bonchev–Trinajstić information content (AvgIpc) is 2.70. The smallest absolute Gasteiger partial charge is 0.308 e. The quantitative estimate of drug-likeness (QED) is 0.772. The second-order valence-electron chi connectivity index (χ2n) is 6.16. The summed E-state index contributed by atoms with van der Waals surface area (Å²) < 4.78 is 16.4. The zero-order chi connectivity index (χ0) is 19.2. The van der Waals surface area contributed by atoms with Crippen molar-refractivity contribution < 1.29 is 28.9 Å². The molecule has 0 fully saturated rings. The molecule has 1 aliphatic rings. The molecule has 2 unspecified atom stereocenters. The monoisotopic (exact) mass is 371 g/mol. The third-order valence-corrected chi connectivity index (χ3v) is 4.33. The molecule has 2 N–H and O–H groups in total. The van der Waals surface area contributed by atoms with Crippen LogP contribution in [0.3, 0.4) is 0 Å². The molecular weight excluding hydrogens is 350 g/mol. The van der Waals surface area contributed by atoms with Crippen LogP contribution in [0.25, 0.3) is 0 Å². The van der Waals surface area contributed by atoms with E-state index in [1.165, 1.54) is 7.11 Å². The molecular formula is C20H21NO6. The lowest BCUT2D eigenvalue weighted by Crippen LogP contribution is -2.46. The van der Waals surface area contributed by atoms with Gasteiger partial charge in [0, 0.05) is 6.54 Å². The highest BCUT2D eigenvalue weighted by atomic mass is 16.6. The summed E-state index contributed by atoms with van der Waals surface area (Å²) in [5.74, 6) is -0.491. The molecule has 3 rings (SSSR count). The van der Waals surface area contributed by atoms with Crippen molar-refractivity contribution in [1.82, 2.24) is 5.32 Å². The number of amides is 1. The van der Waals surface area contributed by atoms with Crippen LogP contribution in [-0.4, -0.2) is 43.3 Å². The van der Waals surface area contributed by atoms with E-state index in [9.17, 15) is 14.7 Å². The van der Waals surface area contributed by atoms with Gasteiger partial charge in [0.2, 0.25) is 6.10 Å². The van der Waals surface area contributed by atoms with Crippen molar-refractivity contribution in [1.29, 1.82) is 0 Å². The molecule has 0 saturated carbocycles. The number of para-hydroxylation sites is 3. The maximum absolute atomic E-state index is 12.4. The van der Waals surface area contributed by atoms with Crippen LogP contribution in [0, 0.1) is 5.92 Å². The summed E-state index contributed by atoms with van der Waals surface area (Å²) in [6, 6.07) is 14.3. The van der Waals surface area contributed by atoms with Crippen LogP contribution >= 0.6 is 0 Å². The fraction of sp³-hybridized carbons (Fsp3) is 0.300. The molecule has 1 amide bonds. The van der Waals surface area contributed by atoms with Crippen LogP contribution in [0.2, 0.25) is 0 Å². The minimum absolute atomic E-state index is 0.0201. The highest BCUT2D eigenvalue weighted by Crippen LogP contribution is 2.30. The first kappa shape index (κ1) is 18.6. The molecule has 0 bridgehead atoms. The van der Waals surface area contributed by atoms with E-state index in [0.29, 0.717) is 17.2 Å². The largest absolute Gasteiger partial charge is 0.496 e. The number of hydrogen-bond acceptors (Lipinski definition) is 5. The van der Waals surface area contributed by atoms with E-state index in [0.717, 1.165) is 5.56 Å². The summed E-state index contributed by atoms with van der Waals surface area (Å²) in [7, 11) is 1.54. The number of carboxylic acid groups (broad SMARTS) is 1. The Balaban J connectivity index is 1.60. The number of methoxy groups -OCH3 is 1. The second-order valence-corrected chi connectivity index (χ2v) is 6.16. The molecule has 0 aromatic heterocycles. The fourth-order valence-electron chi connectivity index (χ4n) is 2.87. The molecule has 7 nitrogen and oxygen atoms in total. The van der Waals surface area contributed by atoms with Gasteiger partial charge in [-0.05, 0) is 30.2 Å². The second kappa shape index (κ2) is 8.44. The lowest BCUT2D eigenvalue weighted by molar-refractivity contribution is -0.141. The van der Waals surface area contributed by atoms with Crippen LogP contribution in [0.15, 0.2) is 48.5 Å². The van der Waals surface area contributed by atoms with E-state index in [1.807, 2.05) is 24.3 Å². The van der Waals surface area contributed by atoms with Crippen LogP contribution in [0.4, 0.5) is 0 Å². The molecule has 0 radical (unpaired) electrons. The Hall–Kier alpha value is -3.22. The van der Waals surface area contributed by atoms with Gasteiger partial charge in [0.15, 0.2) is 11.5 Å². The normalized spacial score (nSPS) is 16.3. The fourth-order valence-corrected chi connectivity index (χ4v) is 2.87. The number of carboxylic acids is 1. The van der Waals surface area contributed by atoms with Crippen molar-refractivity contribution in [3.8, 4) is 17.2 Å². The molecule has 142 valence electrons. The van der Waals surface area contributed by atoms with Gasteiger partial charge in [0.25, 0.3) is 5.91 Å². The van der Waals surface area contributed by atoms with E-state index >= 15 is 0 Å².